The first-order chi connectivity index (χ1) is 3.95. The summed E-state index contributed by atoms with van der Waals surface area (Å²) in [4.78, 5) is 10.00. The van der Waals surface area contributed by atoms with Crippen molar-refractivity contribution < 1.29 is 18.0 Å². The summed E-state index contributed by atoms with van der Waals surface area (Å²) in [7, 11) is 1.16. The van der Waals surface area contributed by atoms with E-state index in [-0.39, 0.29) is 12.4 Å². The van der Waals surface area contributed by atoms with Crippen molar-refractivity contribution in [2.75, 3.05) is 7.05 Å². The van der Waals surface area contributed by atoms with Crippen molar-refractivity contribution in [1.29, 1.82) is 0 Å². The number of carbonyl (C=O) groups excluding carboxylic acids is 1. The van der Waals surface area contributed by atoms with Gasteiger partial charge in [-0.2, -0.15) is 13.2 Å². The topological polar surface area (TPSA) is 29.1 Å². The van der Waals surface area contributed by atoms with Crippen molar-refractivity contribution in [3.8, 4) is 0 Å². The lowest BCUT2D eigenvalue weighted by Crippen LogP contribution is -2.24. The Balaban J connectivity index is 0. The number of alkyl halides is 3. The second-order valence-corrected chi connectivity index (χ2v) is 1.47. The maximum absolute atomic E-state index is 11.2. The van der Waals surface area contributed by atoms with E-state index in [1.165, 1.54) is 0 Å². The molecule has 0 aliphatic carbocycles. The van der Waals surface area contributed by atoms with Gasteiger partial charge in [0, 0.05) is 7.05 Å². The zero-order valence-corrected chi connectivity index (χ0v) is 5.97. The summed E-state index contributed by atoms with van der Waals surface area (Å²) in [5.41, 5.74) is 0. The van der Waals surface area contributed by atoms with E-state index in [0.717, 1.165) is 7.05 Å². The van der Waals surface area contributed by atoms with Crippen LogP contribution in [-0.2, 0) is 4.79 Å². The summed E-state index contributed by atoms with van der Waals surface area (Å²) in [6, 6.07) is 0. The van der Waals surface area contributed by atoms with Gasteiger partial charge in [-0.15, -0.1) is 12.4 Å². The third kappa shape index (κ3) is 7.55. The summed E-state index contributed by atoms with van der Waals surface area (Å²) < 4.78 is 33.7. The van der Waals surface area contributed by atoms with Crippen LogP contribution in [0.3, 0.4) is 0 Å². The molecule has 0 saturated carbocycles. The van der Waals surface area contributed by atoms with E-state index in [1.807, 2.05) is 5.32 Å². The lowest BCUT2D eigenvalue weighted by atomic mass is 10.4. The Morgan fingerprint density at radius 3 is 2.00 bits per heavy atom. The fraction of sp³-hybridized carbons (Fsp3) is 0.750. The van der Waals surface area contributed by atoms with E-state index in [0.29, 0.717) is 0 Å². The summed E-state index contributed by atoms with van der Waals surface area (Å²) in [5, 5.41) is 1.86. The first kappa shape index (κ1) is 12.2. The van der Waals surface area contributed by atoms with Crippen LogP contribution in [0.5, 0.6) is 0 Å². The molecule has 0 aromatic heterocycles. The Hall–Kier alpha value is -0.450. The highest BCUT2D eigenvalue weighted by atomic mass is 35.5. The Labute approximate surface area is 62.2 Å². The predicted octanol–water partition coefficient (Wildman–Crippen LogP) is 1.11. The zero-order valence-electron chi connectivity index (χ0n) is 5.16. The molecule has 0 heterocycles. The lowest BCUT2D eigenvalue weighted by molar-refractivity contribution is -0.153. The van der Waals surface area contributed by atoms with Gasteiger partial charge in [-0.25, -0.2) is 0 Å². The molecule has 0 radical (unpaired) electrons. The maximum atomic E-state index is 11.2. The van der Waals surface area contributed by atoms with Crippen molar-refractivity contribution in [3.63, 3.8) is 0 Å². The highest BCUT2D eigenvalue weighted by Gasteiger charge is 2.30. The summed E-state index contributed by atoms with van der Waals surface area (Å²) >= 11 is 0. The SMILES string of the molecule is CNC(=O)CC(F)(F)F.Cl. The number of amides is 1. The number of carbonyl (C=O) groups is 1. The molecular formula is C4H7ClF3NO. The molecule has 6 heteroatoms. The van der Waals surface area contributed by atoms with Crippen molar-refractivity contribution >= 4 is 18.3 Å². The van der Waals surface area contributed by atoms with Gasteiger partial charge in [0.15, 0.2) is 0 Å². The molecular weight excluding hydrogens is 170 g/mol. The Morgan fingerprint density at radius 1 is 1.50 bits per heavy atom. The van der Waals surface area contributed by atoms with Gasteiger partial charge in [-0.3, -0.25) is 4.79 Å². The fourth-order valence-corrected chi connectivity index (χ4v) is 0.270. The van der Waals surface area contributed by atoms with E-state index in [2.05, 4.69) is 0 Å². The average molecular weight is 178 g/mol. The average Bonchev–Trinajstić information content (AvgIpc) is 1.62. The summed E-state index contributed by atoms with van der Waals surface area (Å²) in [5.74, 6) is -1.01. The van der Waals surface area contributed by atoms with Crippen LogP contribution in [0.1, 0.15) is 6.42 Å². The molecule has 0 bridgehead atoms. The standard InChI is InChI=1S/C4H6F3NO.ClH/c1-8-3(9)2-4(5,6)7;/h2H2,1H3,(H,8,9);1H. The first-order valence-electron chi connectivity index (χ1n) is 2.23. The predicted molar refractivity (Wildman–Crippen MR) is 32.0 cm³/mol. The van der Waals surface area contributed by atoms with Gasteiger partial charge >= 0.3 is 6.18 Å². The molecule has 1 amide bonds. The van der Waals surface area contributed by atoms with Gasteiger partial charge in [0.1, 0.15) is 6.42 Å². The molecule has 0 spiro atoms. The van der Waals surface area contributed by atoms with Crippen LogP contribution >= 0.6 is 12.4 Å². The minimum absolute atomic E-state index is 0. The van der Waals surface area contributed by atoms with Crippen molar-refractivity contribution in [3.05, 3.63) is 0 Å². The minimum atomic E-state index is -4.39. The largest absolute Gasteiger partial charge is 0.397 e. The van der Waals surface area contributed by atoms with E-state index in [4.69, 9.17) is 0 Å². The van der Waals surface area contributed by atoms with Gasteiger partial charge in [0.05, 0.1) is 0 Å². The molecule has 0 atom stereocenters. The van der Waals surface area contributed by atoms with E-state index < -0.39 is 18.5 Å². The molecule has 10 heavy (non-hydrogen) atoms. The van der Waals surface area contributed by atoms with Crippen LogP contribution < -0.4 is 5.32 Å². The molecule has 0 aliphatic rings. The van der Waals surface area contributed by atoms with Gasteiger partial charge in [-0.05, 0) is 0 Å². The quantitative estimate of drug-likeness (QED) is 0.639. The van der Waals surface area contributed by atoms with Crippen LogP contribution in [0.25, 0.3) is 0 Å². The Morgan fingerprint density at radius 2 is 1.90 bits per heavy atom. The molecule has 0 aromatic rings. The van der Waals surface area contributed by atoms with Crippen LogP contribution in [0.4, 0.5) is 13.2 Å². The molecule has 0 aromatic carbocycles. The Bertz CT molecular complexity index is 114. The van der Waals surface area contributed by atoms with Crippen molar-refractivity contribution in [1.82, 2.24) is 5.32 Å². The van der Waals surface area contributed by atoms with Gasteiger partial charge < -0.3 is 5.32 Å². The van der Waals surface area contributed by atoms with Crippen LogP contribution in [0, 0.1) is 0 Å². The number of hydrogen-bond donors (Lipinski definition) is 1. The maximum Gasteiger partial charge on any atom is 0.397 e. The zero-order chi connectivity index (χ0) is 7.49. The van der Waals surface area contributed by atoms with Crippen LogP contribution in [0.2, 0.25) is 0 Å². The van der Waals surface area contributed by atoms with E-state index >= 15 is 0 Å². The number of rotatable bonds is 1. The normalized spacial score (nSPS) is 10.0. The smallest absolute Gasteiger partial charge is 0.359 e. The third-order valence-corrected chi connectivity index (χ3v) is 0.640. The second kappa shape index (κ2) is 4.38. The third-order valence-electron chi connectivity index (χ3n) is 0.640. The number of hydrogen-bond acceptors (Lipinski definition) is 1. The van der Waals surface area contributed by atoms with Gasteiger partial charge in [0.2, 0.25) is 5.91 Å². The molecule has 2 nitrogen and oxygen atoms in total. The molecule has 0 unspecified atom stereocenters. The summed E-state index contributed by atoms with van der Waals surface area (Å²) in [6.07, 6.45) is -5.79. The molecule has 0 saturated heterocycles. The summed E-state index contributed by atoms with van der Waals surface area (Å²) in [6.45, 7) is 0. The Kier molecular flexibility index (Phi) is 5.36. The monoisotopic (exact) mass is 177 g/mol. The second-order valence-electron chi connectivity index (χ2n) is 1.47. The van der Waals surface area contributed by atoms with E-state index in [9.17, 15) is 18.0 Å². The highest BCUT2D eigenvalue weighted by molar-refractivity contribution is 5.85. The molecule has 0 rings (SSSR count). The molecule has 1 N–H and O–H groups in total. The number of halogens is 4. The van der Waals surface area contributed by atoms with Crippen LogP contribution in [-0.4, -0.2) is 19.1 Å². The van der Waals surface area contributed by atoms with Crippen LogP contribution in [0.15, 0.2) is 0 Å². The highest BCUT2D eigenvalue weighted by Crippen LogP contribution is 2.18. The fourth-order valence-electron chi connectivity index (χ4n) is 0.270. The minimum Gasteiger partial charge on any atom is -0.359 e. The van der Waals surface area contributed by atoms with E-state index in [1.54, 1.807) is 0 Å². The van der Waals surface area contributed by atoms with Crippen molar-refractivity contribution in [2.45, 2.75) is 12.6 Å². The van der Waals surface area contributed by atoms with Crippen molar-refractivity contribution in [2.24, 2.45) is 0 Å². The number of nitrogens with one attached hydrogen (secondary N) is 1. The van der Waals surface area contributed by atoms with Gasteiger partial charge in [0.25, 0.3) is 0 Å². The molecule has 0 aliphatic heterocycles. The first-order valence-corrected chi connectivity index (χ1v) is 2.23. The lowest BCUT2D eigenvalue weighted by Gasteiger charge is -2.02. The molecule has 62 valence electrons. The molecule has 0 fully saturated rings. The van der Waals surface area contributed by atoms with Gasteiger partial charge in [-0.1, -0.05) is 0 Å².